The Kier molecular flexibility index (Phi) is 3.87. The number of benzene rings is 1. The number of para-hydroxylation sites is 1. The summed E-state index contributed by atoms with van der Waals surface area (Å²) in [7, 11) is 1.65. The second kappa shape index (κ2) is 6.18. The number of ether oxygens (including phenoxy) is 1. The first kappa shape index (κ1) is 15.0. The fourth-order valence-corrected chi connectivity index (χ4v) is 4.07. The Morgan fingerprint density at radius 3 is 2.96 bits per heavy atom. The van der Waals surface area contributed by atoms with Gasteiger partial charge in [-0.15, -0.1) is 22.7 Å². The van der Waals surface area contributed by atoms with E-state index in [1.165, 1.54) is 22.7 Å². The van der Waals surface area contributed by atoms with Gasteiger partial charge in [-0.3, -0.25) is 9.36 Å². The average Bonchev–Trinajstić information content (AvgIpc) is 3.27. The lowest BCUT2D eigenvalue weighted by Crippen LogP contribution is -2.20. The smallest absolute Gasteiger partial charge is 0.262 e. The molecule has 120 valence electrons. The SMILES string of the molecule is COc1ccccc1-c1nc(Cn2cnc3sccc3c2=O)cs1. The highest BCUT2D eigenvalue weighted by molar-refractivity contribution is 7.16. The Bertz CT molecular complexity index is 1060. The van der Waals surface area contributed by atoms with Crippen LogP contribution < -0.4 is 10.3 Å². The van der Waals surface area contributed by atoms with Crippen LogP contribution in [-0.2, 0) is 6.54 Å². The quantitative estimate of drug-likeness (QED) is 0.561. The number of fused-ring (bicyclic) bond motifs is 1. The van der Waals surface area contributed by atoms with Gasteiger partial charge in [-0.05, 0) is 23.6 Å². The Balaban J connectivity index is 1.67. The molecule has 4 aromatic rings. The fraction of sp³-hybridized carbons (Fsp3) is 0.118. The largest absolute Gasteiger partial charge is 0.496 e. The Morgan fingerprint density at radius 1 is 1.21 bits per heavy atom. The van der Waals surface area contributed by atoms with Gasteiger partial charge in [0.25, 0.3) is 5.56 Å². The molecule has 7 heteroatoms. The van der Waals surface area contributed by atoms with Gasteiger partial charge in [0.1, 0.15) is 15.6 Å². The average molecular weight is 355 g/mol. The van der Waals surface area contributed by atoms with Crippen LogP contribution in [0.5, 0.6) is 5.75 Å². The number of nitrogens with zero attached hydrogens (tertiary/aromatic N) is 3. The number of aromatic nitrogens is 3. The van der Waals surface area contributed by atoms with Crippen molar-refractivity contribution in [3.05, 3.63) is 63.5 Å². The summed E-state index contributed by atoms with van der Waals surface area (Å²) < 4.78 is 6.98. The molecule has 0 fully saturated rings. The first-order chi connectivity index (χ1) is 11.8. The Morgan fingerprint density at radius 2 is 2.08 bits per heavy atom. The maximum Gasteiger partial charge on any atom is 0.262 e. The van der Waals surface area contributed by atoms with E-state index in [9.17, 15) is 4.79 Å². The van der Waals surface area contributed by atoms with Crippen molar-refractivity contribution in [2.75, 3.05) is 7.11 Å². The zero-order valence-corrected chi connectivity index (χ0v) is 14.4. The van der Waals surface area contributed by atoms with Crippen molar-refractivity contribution < 1.29 is 4.74 Å². The Hall–Kier alpha value is -2.51. The Labute approximate surface area is 145 Å². The molecule has 0 aliphatic carbocycles. The zero-order valence-electron chi connectivity index (χ0n) is 12.8. The van der Waals surface area contributed by atoms with Gasteiger partial charge in [0.05, 0.1) is 36.6 Å². The lowest BCUT2D eigenvalue weighted by atomic mass is 10.2. The summed E-state index contributed by atoms with van der Waals surface area (Å²) in [4.78, 5) is 22.2. The minimum absolute atomic E-state index is 0.0342. The number of methoxy groups -OCH3 is 1. The van der Waals surface area contributed by atoms with Gasteiger partial charge < -0.3 is 4.74 Å². The topological polar surface area (TPSA) is 57.0 Å². The van der Waals surface area contributed by atoms with Crippen molar-refractivity contribution in [1.82, 2.24) is 14.5 Å². The van der Waals surface area contributed by atoms with E-state index in [1.807, 2.05) is 41.1 Å². The fourth-order valence-electron chi connectivity index (χ4n) is 2.51. The first-order valence-electron chi connectivity index (χ1n) is 7.26. The molecule has 0 saturated carbocycles. The highest BCUT2D eigenvalue weighted by atomic mass is 32.1. The number of rotatable bonds is 4. The molecule has 0 bridgehead atoms. The molecule has 0 spiro atoms. The van der Waals surface area contributed by atoms with Gasteiger partial charge in [-0.2, -0.15) is 0 Å². The predicted molar refractivity (Wildman–Crippen MR) is 97.1 cm³/mol. The molecule has 0 aliphatic heterocycles. The van der Waals surface area contributed by atoms with E-state index in [2.05, 4.69) is 9.97 Å². The van der Waals surface area contributed by atoms with Gasteiger partial charge in [0.2, 0.25) is 0 Å². The number of thiophene rings is 1. The van der Waals surface area contributed by atoms with E-state index in [4.69, 9.17) is 4.74 Å². The maximum absolute atomic E-state index is 12.5. The van der Waals surface area contributed by atoms with Crippen LogP contribution in [-0.4, -0.2) is 21.6 Å². The van der Waals surface area contributed by atoms with Gasteiger partial charge in [0, 0.05) is 5.38 Å². The normalized spacial score (nSPS) is 11.0. The standard InChI is InChI=1S/C17H13N3O2S2/c1-22-14-5-3-2-4-12(14)16-19-11(9-24-16)8-20-10-18-15-13(17(20)21)6-7-23-15/h2-7,9-10H,8H2,1H3. The first-order valence-corrected chi connectivity index (χ1v) is 9.02. The molecule has 0 unspecified atom stereocenters. The predicted octanol–water partition coefficient (Wildman–Crippen LogP) is 3.64. The van der Waals surface area contributed by atoms with Crippen molar-refractivity contribution in [2.24, 2.45) is 0 Å². The summed E-state index contributed by atoms with van der Waals surface area (Å²) in [5.74, 6) is 0.789. The monoisotopic (exact) mass is 355 g/mol. The minimum Gasteiger partial charge on any atom is -0.496 e. The lowest BCUT2D eigenvalue weighted by molar-refractivity contribution is 0.416. The highest BCUT2D eigenvalue weighted by Crippen LogP contribution is 2.31. The maximum atomic E-state index is 12.5. The molecule has 0 atom stereocenters. The van der Waals surface area contributed by atoms with Crippen LogP contribution in [0.25, 0.3) is 20.8 Å². The molecule has 0 aliphatic rings. The minimum atomic E-state index is -0.0342. The summed E-state index contributed by atoms with van der Waals surface area (Å²) in [5, 5.41) is 5.38. The van der Waals surface area contributed by atoms with Gasteiger partial charge >= 0.3 is 0 Å². The van der Waals surface area contributed by atoms with Crippen LogP contribution in [0.4, 0.5) is 0 Å². The molecular weight excluding hydrogens is 342 g/mol. The van der Waals surface area contributed by atoms with Gasteiger partial charge in [-0.25, -0.2) is 9.97 Å². The second-order valence-electron chi connectivity index (χ2n) is 5.16. The molecule has 3 aromatic heterocycles. The number of thiazole rings is 1. The molecule has 0 radical (unpaired) electrons. The van der Waals surface area contributed by atoms with Crippen LogP contribution in [0.2, 0.25) is 0 Å². The second-order valence-corrected chi connectivity index (χ2v) is 6.91. The third-order valence-corrected chi connectivity index (χ3v) is 5.42. The molecule has 0 amide bonds. The van der Waals surface area contributed by atoms with Crippen molar-refractivity contribution in [1.29, 1.82) is 0 Å². The van der Waals surface area contributed by atoms with Crippen molar-refractivity contribution in [3.8, 4) is 16.3 Å². The molecule has 3 heterocycles. The van der Waals surface area contributed by atoms with E-state index in [1.54, 1.807) is 18.0 Å². The van der Waals surface area contributed by atoms with Gasteiger partial charge in [-0.1, -0.05) is 12.1 Å². The van der Waals surface area contributed by atoms with Crippen molar-refractivity contribution >= 4 is 32.9 Å². The summed E-state index contributed by atoms with van der Waals surface area (Å²) in [6.45, 7) is 0.406. The zero-order chi connectivity index (χ0) is 16.5. The molecule has 5 nitrogen and oxygen atoms in total. The van der Waals surface area contributed by atoms with Gasteiger partial charge in [0.15, 0.2) is 0 Å². The van der Waals surface area contributed by atoms with E-state index in [-0.39, 0.29) is 5.56 Å². The third-order valence-electron chi connectivity index (χ3n) is 3.67. The summed E-state index contributed by atoms with van der Waals surface area (Å²) >= 11 is 3.01. The lowest BCUT2D eigenvalue weighted by Gasteiger charge is -2.05. The molecule has 1 aromatic carbocycles. The summed E-state index contributed by atoms with van der Waals surface area (Å²) in [6.07, 6.45) is 1.59. The van der Waals surface area contributed by atoms with Crippen LogP contribution in [0.3, 0.4) is 0 Å². The highest BCUT2D eigenvalue weighted by Gasteiger charge is 2.11. The number of hydrogen-bond donors (Lipinski definition) is 0. The van der Waals surface area contributed by atoms with E-state index >= 15 is 0 Å². The van der Waals surface area contributed by atoms with Crippen LogP contribution in [0.15, 0.2) is 52.2 Å². The van der Waals surface area contributed by atoms with E-state index in [0.717, 1.165) is 26.8 Å². The molecule has 0 saturated heterocycles. The van der Waals surface area contributed by atoms with Crippen LogP contribution >= 0.6 is 22.7 Å². The molecule has 4 rings (SSSR count). The van der Waals surface area contributed by atoms with Crippen molar-refractivity contribution in [2.45, 2.75) is 6.54 Å². The van der Waals surface area contributed by atoms with E-state index < -0.39 is 0 Å². The molecule has 0 N–H and O–H groups in total. The molecule has 24 heavy (non-hydrogen) atoms. The summed E-state index contributed by atoms with van der Waals surface area (Å²) in [6, 6.07) is 9.59. The number of hydrogen-bond acceptors (Lipinski definition) is 6. The third kappa shape index (κ3) is 2.61. The van der Waals surface area contributed by atoms with E-state index in [0.29, 0.717) is 11.9 Å². The van der Waals surface area contributed by atoms with Crippen molar-refractivity contribution in [3.63, 3.8) is 0 Å². The van der Waals surface area contributed by atoms with Crippen LogP contribution in [0, 0.1) is 0 Å². The summed E-state index contributed by atoms with van der Waals surface area (Å²) in [5.41, 5.74) is 1.75. The van der Waals surface area contributed by atoms with Crippen LogP contribution in [0.1, 0.15) is 5.69 Å². The molecular formula is C17H13N3O2S2.